The molecule has 5 rings (SSSR count). The van der Waals surface area contributed by atoms with Crippen molar-refractivity contribution in [1.82, 2.24) is 10.3 Å². The van der Waals surface area contributed by atoms with Gasteiger partial charge in [0.1, 0.15) is 34.5 Å². The first-order valence-electron chi connectivity index (χ1n) is 9.68. The minimum absolute atomic E-state index is 0.0770. The zero-order valence-corrected chi connectivity index (χ0v) is 17.4. The SMILES string of the molecule is CC1(C)Cc2nc(N3CCOc4ccc(Oc5ccc(F)cc5)cc43)sc2C(=O)N1. The Bertz CT molecular complexity index is 1130. The number of nitrogens with one attached hydrogen (secondary N) is 1. The summed E-state index contributed by atoms with van der Waals surface area (Å²) >= 11 is 1.39. The Kier molecular flexibility index (Phi) is 4.39. The van der Waals surface area contributed by atoms with Gasteiger partial charge in [-0.25, -0.2) is 9.37 Å². The molecule has 6 nitrogen and oxygen atoms in total. The van der Waals surface area contributed by atoms with Crippen molar-refractivity contribution in [2.45, 2.75) is 25.8 Å². The van der Waals surface area contributed by atoms with Crippen molar-refractivity contribution >= 4 is 28.1 Å². The highest BCUT2D eigenvalue weighted by Crippen LogP contribution is 2.42. The van der Waals surface area contributed by atoms with Crippen molar-refractivity contribution in [3.63, 3.8) is 0 Å². The Labute approximate surface area is 177 Å². The standard InChI is InChI=1S/C22H20FN3O3S/c1-22(2)12-16-19(20(27)25-22)30-21(24-16)26-9-10-28-18-8-7-15(11-17(18)26)29-14-5-3-13(23)4-6-14/h3-8,11H,9-10,12H2,1-2H3,(H,25,27). The summed E-state index contributed by atoms with van der Waals surface area (Å²) in [5.74, 6) is 1.49. The normalized spacial score (nSPS) is 16.9. The molecule has 0 fully saturated rings. The van der Waals surface area contributed by atoms with Gasteiger partial charge in [0.2, 0.25) is 0 Å². The van der Waals surface area contributed by atoms with Crippen molar-refractivity contribution in [1.29, 1.82) is 0 Å². The number of hydrogen-bond acceptors (Lipinski definition) is 6. The zero-order chi connectivity index (χ0) is 20.9. The number of halogens is 1. The molecule has 1 aromatic heterocycles. The molecular weight excluding hydrogens is 405 g/mol. The Balaban J connectivity index is 1.48. The highest BCUT2D eigenvalue weighted by Gasteiger charge is 2.34. The molecule has 154 valence electrons. The van der Waals surface area contributed by atoms with Crippen molar-refractivity contribution in [2.75, 3.05) is 18.1 Å². The molecule has 3 heterocycles. The monoisotopic (exact) mass is 425 g/mol. The van der Waals surface area contributed by atoms with E-state index in [1.807, 2.05) is 32.0 Å². The fourth-order valence-corrected chi connectivity index (χ4v) is 4.69. The molecule has 2 aromatic carbocycles. The second kappa shape index (κ2) is 6.98. The summed E-state index contributed by atoms with van der Waals surface area (Å²) in [5.41, 5.74) is 1.34. The second-order valence-electron chi connectivity index (χ2n) is 7.97. The van der Waals surface area contributed by atoms with Gasteiger partial charge in [-0.15, -0.1) is 0 Å². The Morgan fingerprint density at radius 3 is 2.77 bits per heavy atom. The molecule has 8 heteroatoms. The van der Waals surface area contributed by atoms with Crippen LogP contribution in [0.25, 0.3) is 0 Å². The van der Waals surface area contributed by atoms with Crippen molar-refractivity contribution in [3.05, 3.63) is 58.9 Å². The first-order valence-corrected chi connectivity index (χ1v) is 10.5. The maximum Gasteiger partial charge on any atom is 0.263 e. The molecule has 30 heavy (non-hydrogen) atoms. The van der Waals surface area contributed by atoms with E-state index in [4.69, 9.17) is 14.5 Å². The smallest absolute Gasteiger partial charge is 0.263 e. The van der Waals surface area contributed by atoms with Crippen LogP contribution in [0.2, 0.25) is 0 Å². The predicted molar refractivity (Wildman–Crippen MR) is 113 cm³/mol. The quantitative estimate of drug-likeness (QED) is 0.661. The summed E-state index contributed by atoms with van der Waals surface area (Å²) in [6.45, 7) is 5.13. The third kappa shape index (κ3) is 3.47. The molecule has 0 atom stereocenters. The average molecular weight is 425 g/mol. The van der Waals surface area contributed by atoms with Crippen LogP contribution in [0.5, 0.6) is 17.2 Å². The van der Waals surface area contributed by atoms with Crippen LogP contribution in [0.1, 0.15) is 29.2 Å². The number of nitrogens with zero attached hydrogens (tertiary/aromatic N) is 2. The zero-order valence-electron chi connectivity index (χ0n) is 16.6. The van der Waals surface area contributed by atoms with E-state index in [0.717, 1.165) is 22.3 Å². The molecule has 0 spiro atoms. The van der Waals surface area contributed by atoms with E-state index in [0.29, 0.717) is 35.9 Å². The van der Waals surface area contributed by atoms with Gasteiger partial charge in [-0.1, -0.05) is 11.3 Å². The maximum atomic E-state index is 13.1. The van der Waals surface area contributed by atoms with Crippen LogP contribution in [-0.4, -0.2) is 29.6 Å². The van der Waals surface area contributed by atoms with Crippen molar-refractivity contribution in [2.24, 2.45) is 0 Å². The fourth-order valence-electron chi connectivity index (χ4n) is 3.68. The maximum absolute atomic E-state index is 13.1. The minimum atomic E-state index is -0.313. The number of carbonyl (C=O) groups is 1. The predicted octanol–water partition coefficient (Wildman–Crippen LogP) is 4.67. The van der Waals surface area contributed by atoms with Gasteiger partial charge in [-0.3, -0.25) is 4.79 Å². The van der Waals surface area contributed by atoms with E-state index in [1.54, 1.807) is 12.1 Å². The number of thiazole rings is 1. The summed E-state index contributed by atoms with van der Waals surface area (Å²) in [6.07, 6.45) is 0.690. The van der Waals surface area contributed by atoms with Crippen LogP contribution in [0.4, 0.5) is 15.2 Å². The number of ether oxygens (including phenoxy) is 2. The first-order chi connectivity index (χ1) is 14.4. The average Bonchev–Trinajstić information content (AvgIpc) is 3.12. The summed E-state index contributed by atoms with van der Waals surface area (Å²) in [7, 11) is 0. The van der Waals surface area contributed by atoms with Crippen LogP contribution < -0.4 is 19.7 Å². The van der Waals surface area contributed by atoms with E-state index in [9.17, 15) is 9.18 Å². The lowest BCUT2D eigenvalue weighted by Gasteiger charge is -2.29. The highest BCUT2D eigenvalue weighted by molar-refractivity contribution is 7.17. The Hall–Kier alpha value is -3.13. The molecule has 2 aliphatic heterocycles. The molecule has 3 aromatic rings. The Morgan fingerprint density at radius 2 is 1.97 bits per heavy atom. The molecule has 0 unspecified atom stereocenters. The van der Waals surface area contributed by atoms with Crippen LogP contribution >= 0.6 is 11.3 Å². The van der Waals surface area contributed by atoms with Gasteiger partial charge in [0, 0.05) is 18.0 Å². The van der Waals surface area contributed by atoms with Gasteiger partial charge < -0.3 is 19.7 Å². The van der Waals surface area contributed by atoms with Crippen LogP contribution in [0, 0.1) is 5.82 Å². The number of benzene rings is 2. The highest BCUT2D eigenvalue weighted by atomic mass is 32.1. The van der Waals surface area contributed by atoms with E-state index < -0.39 is 0 Å². The molecule has 0 aliphatic carbocycles. The van der Waals surface area contributed by atoms with Gasteiger partial charge in [0.15, 0.2) is 5.13 Å². The molecule has 2 aliphatic rings. The van der Waals surface area contributed by atoms with Crippen LogP contribution in [0.15, 0.2) is 42.5 Å². The summed E-state index contributed by atoms with van der Waals surface area (Å²) in [6, 6.07) is 11.4. The van der Waals surface area contributed by atoms with E-state index in [2.05, 4.69) is 10.2 Å². The van der Waals surface area contributed by atoms with Gasteiger partial charge in [-0.2, -0.15) is 0 Å². The number of hydrogen-bond donors (Lipinski definition) is 1. The summed E-state index contributed by atoms with van der Waals surface area (Å²) in [4.78, 5) is 20.0. The lowest BCUT2D eigenvalue weighted by atomic mass is 9.94. The fraction of sp³-hybridized carbons (Fsp3) is 0.273. The third-order valence-electron chi connectivity index (χ3n) is 5.03. The molecule has 0 radical (unpaired) electrons. The number of amides is 1. The molecule has 1 N–H and O–H groups in total. The van der Waals surface area contributed by atoms with E-state index in [1.165, 1.54) is 23.5 Å². The molecule has 1 amide bonds. The number of carbonyl (C=O) groups excluding carboxylic acids is 1. The van der Waals surface area contributed by atoms with Gasteiger partial charge in [0.25, 0.3) is 5.91 Å². The third-order valence-corrected chi connectivity index (χ3v) is 6.15. The lowest BCUT2D eigenvalue weighted by Crippen LogP contribution is -2.48. The number of anilines is 2. The largest absolute Gasteiger partial charge is 0.490 e. The van der Waals surface area contributed by atoms with E-state index in [-0.39, 0.29) is 17.3 Å². The van der Waals surface area contributed by atoms with Crippen molar-refractivity contribution < 1.29 is 18.7 Å². The van der Waals surface area contributed by atoms with Crippen LogP contribution in [-0.2, 0) is 6.42 Å². The molecule has 0 bridgehead atoms. The number of rotatable bonds is 3. The molecular formula is C22H20FN3O3S. The summed E-state index contributed by atoms with van der Waals surface area (Å²) < 4.78 is 24.8. The van der Waals surface area contributed by atoms with Crippen molar-refractivity contribution in [3.8, 4) is 17.2 Å². The Morgan fingerprint density at radius 1 is 1.20 bits per heavy atom. The first kappa shape index (κ1) is 18.9. The minimum Gasteiger partial charge on any atom is -0.490 e. The van der Waals surface area contributed by atoms with E-state index >= 15 is 0 Å². The van der Waals surface area contributed by atoms with Gasteiger partial charge in [0.05, 0.1) is 17.9 Å². The lowest BCUT2D eigenvalue weighted by molar-refractivity contribution is 0.0901. The second-order valence-corrected chi connectivity index (χ2v) is 8.95. The van der Waals surface area contributed by atoms with Gasteiger partial charge >= 0.3 is 0 Å². The number of aromatic nitrogens is 1. The van der Waals surface area contributed by atoms with Crippen LogP contribution in [0.3, 0.4) is 0 Å². The molecule has 0 saturated carbocycles. The summed E-state index contributed by atoms with van der Waals surface area (Å²) in [5, 5.41) is 3.79. The molecule has 0 saturated heterocycles. The topological polar surface area (TPSA) is 63.7 Å². The van der Waals surface area contributed by atoms with Gasteiger partial charge in [-0.05, 0) is 50.2 Å². The number of fused-ring (bicyclic) bond motifs is 2.